The zero-order valence-electron chi connectivity index (χ0n) is 10.1. The standard InChI is InChI=1S/C11H13ClN2O5/c1-19-6-10(15)5-13-11(16)7-2-8(12)4-9(3-7)14(17)18/h2-4,10,15H,5-6H2,1H3,(H,13,16). The maximum atomic E-state index is 11.7. The molecule has 0 spiro atoms. The van der Waals surface area contributed by atoms with E-state index >= 15 is 0 Å². The number of nitro benzene ring substituents is 1. The van der Waals surface area contributed by atoms with Crippen molar-refractivity contribution in [3.05, 3.63) is 38.9 Å². The number of hydrogen-bond donors (Lipinski definition) is 2. The third kappa shape index (κ3) is 4.82. The van der Waals surface area contributed by atoms with Gasteiger partial charge in [0.25, 0.3) is 11.6 Å². The van der Waals surface area contributed by atoms with Gasteiger partial charge in [0.05, 0.1) is 17.6 Å². The number of amides is 1. The van der Waals surface area contributed by atoms with E-state index in [0.717, 1.165) is 12.1 Å². The molecule has 19 heavy (non-hydrogen) atoms. The molecule has 8 heteroatoms. The van der Waals surface area contributed by atoms with Crippen molar-refractivity contribution >= 4 is 23.2 Å². The number of ether oxygens (including phenoxy) is 1. The number of nitrogens with one attached hydrogen (secondary N) is 1. The number of halogens is 1. The van der Waals surface area contributed by atoms with Gasteiger partial charge in [-0.25, -0.2) is 0 Å². The van der Waals surface area contributed by atoms with Gasteiger partial charge in [0, 0.05) is 36.4 Å². The van der Waals surface area contributed by atoms with Crippen LogP contribution in [0.3, 0.4) is 0 Å². The van der Waals surface area contributed by atoms with E-state index in [-0.39, 0.29) is 29.4 Å². The van der Waals surface area contributed by atoms with E-state index in [2.05, 4.69) is 5.32 Å². The number of methoxy groups -OCH3 is 1. The monoisotopic (exact) mass is 288 g/mol. The predicted octanol–water partition coefficient (Wildman–Crippen LogP) is 0.985. The Morgan fingerprint density at radius 1 is 1.58 bits per heavy atom. The Hall–Kier alpha value is -1.70. The fourth-order valence-electron chi connectivity index (χ4n) is 1.37. The van der Waals surface area contributed by atoms with Gasteiger partial charge in [-0.2, -0.15) is 0 Å². The number of rotatable bonds is 6. The molecule has 1 amide bonds. The minimum atomic E-state index is -0.844. The molecule has 104 valence electrons. The first-order valence-corrected chi connectivity index (χ1v) is 5.72. The summed E-state index contributed by atoms with van der Waals surface area (Å²) in [5.74, 6) is -0.555. The molecule has 1 aromatic carbocycles. The van der Waals surface area contributed by atoms with E-state index in [1.165, 1.54) is 13.2 Å². The maximum Gasteiger partial charge on any atom is 0.271 e. The van der Waals surface area contributed by atoms with Crippen LogP contribution in [0, 0.1) is 10.1 Å². The first-order chi connectivity index (χ1) is 8.93. The lowest BCUT2D eigenvalue weighted by Crippen LogP contribution is -2.34. The molecule has 1 aromatic rings. The second kappa shape index (κ2) is 7.03. The lowest BCUT2D eigenvalue weighted by Gasteiger charge is -2.10. The molecule has 7 nitrogen and oxygen atoms in total. The van der Waals surface area contributed by atoms with Crippen molar-refractivity contribution in [3.63, 3.8) is 0 Å². The van der Waals surface area contributed by atoms with E-state index in [1.807, 2.05) is 0 Å². The molecule has 0 radical (unpaired) electrons. The van der Waals surface area contributed by atoms with Crippen molar-refractivity contribution in [3.8, 4) is 0 Å². The summed E-state index contributed by atoms with van der Waals surface area (Å²) in [5.41, 5.74) is -0.209. The van der Waals surface area contributed by atoms with Gasteiger partial charge in [0.15, 0.2) is 0 Å². The van der Waals surface area contributed by atoms with E-state index in [0.29, 0.717) is 0 Å². The van der Waals surface area contributed by atoms with Gasteiger partial charge in [-0.15, -0.1) is 0 Å². The molecule has 1 rings (SSSR count). The summed E-state index contributed by atoms with van der Waals surface area (Å²) in [4.78, 5) is 21.7. The number of aliphatic hydroxyl groups is 1. The van der Waals surface area contributed by atoms with Crippen LogP contribution in [0.1, 0.15) is 10.4 Å². The second-order valence-corrected chi connectivity index (χ2v) is 4.21. The van der Waals surface area contributed by atoms with Crippen LogP contribution < -0.4 is 5.32 Å². The van der Waals surface area contributed by atoms with E-state index in [9.17, 15) is 20.0 Å². The molecule has 0 aromatic heterocycles. The Morgan fingerprint density at radius 2 is 2.26 bits per heavy atom. The lowest BCUT2D eigenvalue weighted by molar-refractivity contribution is -0.384. The van der Waals surface area contributed by atoms with Crippen LogP contribution >= 0.6 is 11.6 Å². The molecular weight excluding hydrogens is 276 g/mol. The average molecular weight is 289 g/mol. The first-order valence-electron chi connectivity index (χ1n) is 5.34. The van der Waals surface area contributed by atoms with Crippen molar-refractivity contribution in [2.24, 2.45) is 0 Å². The Labute approximate surface area is 114 Å². The summed E-state index contributed by atoms with van der Waals surface area (Å²) in [6.45, 7) is 0.0585. The number of nitrogens with zero attached hydrogens (tertiary/aromatic N) is 1. The number of non-ortho nitro benzene ring substituents is 1. The Balaban J connectivity index is 2.74. The molecule has 0 aliphatic heterocycles. The van der Waals surface area contributed by atoms with Crippen LogP contribution in [0.2, 0.25) is 5.02 Å². The topological polar surface area (TPSA) is 102 Å². The highest BCUT2D eigenvalue weighted by atomic mass is 35.5. The number of nitro groups is 1. The first kappa shape index (κ1) is 15.4. The number of carbonyl (C=O) groups is 1. The van der Waals surface area contributed by atoms with E-state index in [1.54, 1.807) is 0 Å². The van der Waals surface area contributed by atoms with Gasteiger partial charge >= 0.3 is 0 Å². The van der Waals surface area contributed by atoms with E-state index in [4.69, 9.17) is 16.3 Å². The summed E-state index contributed by atoms with van der Waals surface area (Å²) >= 11 is 5.70. The molecule has 0 bridgehead atoms. The maximum absolute atomic E-state index is 11.7. The molecule has 1 unspecified atom stereocenters. The van der Waals surface area contributed by atoms with Gasteiger partial charge in [-0.05, 0) is 6.07 Å². The predicted molar refractivity (Wildman–Crippen MR) is 68.3 cm³/mol. The zero-order valence-corrected chi connectivity index (χ0v) is 10.9. The number of benzene rings is 1. The smallest absolute Gasteiger partial charge is 0.271 e. The van der Waals surface area contributed by atoms with Crippen LogP contribution in [0.5, 0.6) is 0 Å². The molecule has 0 heterocycles. The van der Waals surface area contributed by atoms with Gasteiger partial charge in [-0.1, -0.05) is 11.6 Å². The lowest BCUT2D eigenvalue weighted by atomic mass is 10.2. The van der Waals surface area contributed by atoms with Crippen molar-refractivity contribution in [2.75, 3.05) is 20.3 Å². The van der Waals surface area contributed by atoms with Crippen LogP contribution in [0.15, 0.2) is 18.2 Å². The van der Waals surface area contributed by atoms with Crippen molar-refractivity contribution in [1.82, 2.24) is 5.32 Å². The molecule has 1 atom stereocenters. The summed E-state index contributed by atoms with van der Waals surface area (Å²) in [7, 11) is 1.42. The van der Waals surface area contributed by atoms with Crippen LogP contribution in [0.4, 0.5) is 5.69 Å². The SMILES string of the molecule is COCC(O)CNC(=O)c1cc(Cl)cc([N+](=O)[O-])c1. The molecule has 0 saturated carbocycles. The molecular formula is C11H13ClN2O5. The Kier molecular flexibility index (Phi) is 5.68. The quantitative estimate of drug-likeness (QED) is 0.600. The van der Waals surface area contributed by atoms with Gasteiger partial charge in [0.1, 0.15) is 0 Å². The normalized spacial score (nSPS) is 11.9. The third-order valence-corrected chi connectivity index (χ3v) is 2.43. The Morgan fingerprint density at radius 3 is 2.84 bits per heavy atom. The fraction of sp³-hybridized carbons (Fsp3) is 0.364. The van der Waals surface area contributed by atoms with Crippen molar-refractivity contribution in [1.29, 1.82) is 0 Å². The summed E-state index contributed by atoms with van der Waals surface area (Å²) in [6, 6.07) is 3.58. The van der Waals surface area contributed by atoms with Gasteiger partial charge < -0.3 is 15.2 Å². The highest BCUT2D eigenvalue weighted by molar-refractivity contribution is 6.31. The highest BCUT2D eigenvalue weighted by Gasteiger charge is 2.14. The number of aliphatic hydroxyl groups excluding tert-OH is 1. The van der Waals surface area contributed by atoms with Gasteiger partial charge in [0.2, 0.25) is 0 Å². The Bertz CT molecular complexity index is 480. The summed E-state index contributed by atoms with van der Waals surface area (Å²) in [6.07, 6.45) is -0.844. The third-order valence-electron chi connectivity index (χ3n) is 2.21. The minimum absolute atomic E-state index is 0.0208. The van der Waals surface area contributed by atoms with Crippen LogP contribution in [-0.2, 0) is 4.74 Å². The number of carbonyl (C=O) groups excluding carboxylic acids is 1. The highest BCUT2D eigenvalue weighted by Crippen LogP contribution is 2.20. The molecule has 2 N–H and O–H groups in total. The van der Waals surface area contributed by atoms with Crippen molar-refractivity contribution in [2.45, 2.75) is 6.10 Å². The van der Waals surface area contributed by atoms with Crippen LogP contribution in [-0.4, -0.2) is 42.3 Å². The summed E-state index contributed by atoms with van der Waals surface area (Å²) < 4.78 is 4.70. The van der Waals surface area contributed by atoms with Gasteiger partial charge in [-0.3, -0.25) is 14.9 Å². The van der Waals surface area contributed by atoms with Crippen molar-refractivity contribution < 1.29 is 19.6 Å². The molecule has 0 saturated heterocycles. The van der Waals surface area contributed by atoms with Crippen LogP contribution in [0.25, 0.3) is 0 Å². The molecule has 0 aliphatic rings. The minimum Gasteiger partial charge on any atom is -0.389 e. The zero-order chi connectivity index (χ0) is 14.4. The largest absolute Gasteiger partial charge is 0.389 e. The molecule has 0 fully saturated rings. The second-order valence-electron chi connectivity index (χ2n) is 3.77. The van der Waals surface area contributed by atoms with E-state index < -0.39 is 16.9 Å². The molecule has 0 aliphatic carbocycles. The average Bonchev–Trinajstić information content (AvgIpc) is 2.35. The fourth-order valence-corrected chi connectivity index (χ4v) is 1.60. The number of hydrogen-bond acceptors (Lipinski definition) is 5. The summed E-state index contributed by atoms with van der Waals surface area (Å²) in [5, 5.41) is 22.5.